The van der Waals surface area contributed by atoms with Crippen LogP contribution >= 0.6 is 0 Å². The number of amides is 1. The summed E-state index contributed by atoms with van der Waals surface area (Å²) < 4.78 is 5.19. The third kappa shape index (κ3) is 2.72. The molecule has 2 heterocycles. The Labute approximate surface area is 105 Å². The topological polar surface area (TPSA) is 70.8 Å². The fourth-order valence-electron chi connectivity index (χ4n) is 2.32. The summed E-state index contributed by atoms with van der Waals surface area (Å²) in [7, 11) is 0. The monoisotopic (exact) mass is 251 g/mol. The molecule has 1 unspecified atom stereocenters. The molecule has 1 aromatic heterocycles. The van der Waals surface area contributed by atoms with E-state index in [-0.39, 0.29) is 12.3 Å². The maximum Gasteiger partial charge on any atom is 0.303 e. The van der Waals surface area contributed by atoms with Crippen LogP contribution in [0.25, 0.3) is 0 Å². The van der Waals surface area contributed by atoms with Crippen LogP contribution in [-0.4, -0.2) is 35.0 Å². The molecule has 5 heteroatoms. The van der Waals surface area contributed by atoms with Gasteiger partial charge in [-0.05, 0) is 31.7 Å². The maximum atomic E-state index is 12.1. The zero-order valence-electron chi connectivity index (χ0n) is 10.4. The Kier molecular flexibility index (Phi) is 3.69. The van der Waals surface area contributed by atoms with Crippen molar-refractivity contribution in [2.75, 3.05) is 13.1 Å². The molecule has 0 bridgehead atoms. The Hall–Kier alpha value is -1.78. The first-order chi connectivity index (χ1) is 8.58. The lowest BCUT2D eigenvalue weighted by Gasteiger charge is -2.15. The van der Waals surface area contributed by atoms with Gasteiger partial charge in [0.25, 0.3) is 5.91 Å². The number of carbonyl (C=O) groups excluding carboxylic acids is 1. The molecule has 0 aromatic carbocycles. The molecule has 1 fully saturated rings. The second kappa shape index (κ2) is 5.25. The summed E-state index contributed by atoms with van der Waals surface area (Å²) in [5.74, 6) is -0.175. The summed E-state index contributed by atoms with van der Waals surface area (Å²) in [6.45, 7) is 3.16. The van der Waals surface area contributed by atoms with E-state index in [9.17, 15) is 9.59 Å². The van der Waals surface area contributed by atoms with Gasteiger partial charge in [-0.15, -0.1) is 0 Å². The Bertz CT molecular complexity index is 452. The highest BCUT2D eigenvalue weighted by Gasteiger charge is 2.29. The van der Waals surface area contributed by atoms with Crippen molar-refractivity contribution in [3.05, 3.63) is 23.7 Å². The fourth-order valence-corrected chi connectivity index (χ4v) is 2.32. The highest BCUT2D eigenvalue weighted by atomic mass is 16.4. The van der Waals surface area contributed by atoms with Crippen molar-refractivity contribution in [2.45, 2.75) is 26.2 Å². The first-order valence-corrected chi connectivity index (χ1v) is 6.13. The number of aliphatic carboxylic acids is 1. The van der Waals surface area contributed by atoms with Crippen LogP contribution < -0.4 is 0 Å². The second-order valence-corrected chi connectivity index (χ2v) is 4.77. The number of carboxylic acid groups (broad SMARTS) is 1. The number of aryl methyl sites for hydroxylation is 1. The van der Waals surface area contributed by atoms with Crippen molar-refractivity contribution in [3.63, 3.8) is 0 Å². The fraction of sp³-hybridized carbons (Fsp3) is 0.538. The van der Waals surface area contributed by atoms with Crippen LogP contribution in [0.15, 0.2) is 16.7 Å². The zero-order valence-corrected chi connectivity index (χ0v) is 10.4. The number of likely N-dealkylation sites (tertiary alicyclic amines) is 1. The average molecular weight is 251 g/mol. The lowest BCUT2D eigenvalue weighted by Crippen LogP contribution is -2.28. The van der Waals surface area contributed by atoms with E-state index in [0.29, 0.717) is 31.2 Å². The molecule has 98 valence electrons. The molecule has 0 saturated carbocycles. The largest absolute Gasteiger partial charge is 0.481 e. The molecule has 0 radical (unpaired) electrons. The first kappa shape index (κ1) is 12.7. The molecule has 1 aliphatic heterocycles. The minimum absolute atomic E-state index is 0.0877. The highest BCUT2D eigenvalue weighted by Crippen LogP contribution is 2.23. The van der Waals surface area contributed by atoms with Crippen molar-refractivity contribution in [1.29, 1.82) is 0 Å². The number of hydrogen-bond donors (Lipinski definition) is 1. The molecule has 0 spiro atoms. The quantitative estimate of drug-likeness (QED) is 0.887. The highest BCUT2D eigenvalue weighted by molar-refractivity contribution is 5.93. The summed E-state index contributed by atoms with van der Waals surface area (Å²) in [5, 5.41) is 8.64. The minimum atomic E-state index is -0.776. The third-order valence-electron chi connectivity index (χ3n) is 3.40. The van der Waals surface area contributed by atoms with Crippen molar-refractivity contribution in [3.8, 4) is 0 Å². The summed E-state index contributed by atoms with van der Waals surface area (Å²) in [6.07, 6.45) is 3.20. The van der Waals surface area contributed by atoms with Gasteiger partial charge in [0, 0.05) is 25.1 Å². The van der Waals surface area contributed by atoms with Crippen LogP contribution in [-0.2, 0) is 4.79 Å². The third-order valence-corrected chi connectivity index (χ3v) is 3.40. The lowest BCUT2D eigenvalue weighted by atomic mass is 10.0. The van der Waals surface area contributed by atoms with Crippen LogP contribution in [0.2, 0.25) is 0 Å². The molecule has 1 amide bonds. The number of hydrogen-bond acceptors (Lipinski definition) is 3. The van der Waals surface area contributed by atoms with E-state index < -0.39 is 5.97 Å². The van der Waals surface area contributed by atoms with Gasteiger partial charge < -0.3 is 14.4 Å². The van der Waals surface area contributed by atoms with Gasteiger partial charge in [0.05, 0.1) is 6.26 Å². The summed E-state index contributed by atoms with van der Waals surface area (Å²) in [6, 6.07) is 1.77. The van der Waals surface area contributed by atoms with E-state index >= 15 is 0 Å². The van der Waals surface area contributed by atoms with Crippen molar-refractivity contribution >= 4 is 11.9 Å². The van der Waals surface area contributed by atoms with E-state index in [1.54, 1.807) is 11.0 Å². The Morgan fingerprint density at radius 3 is 2.94 bits per heavy atom. The van der Waals surface area contributed by atoms with Gasteiger partial charge >= 0.3 is 5.97 Å². The van der Waals surface area contributed by atoms with Gasteiger partial charge in [-0.3, -0.25) is 9.59 Å². The number of carbonyl (C=O) groups is 2. The van der Waals surface area contributed by atoms with Crippen molar-refractivity contribution < 1.29 is 19.1 Å². The SMILES string of the molecule is Cc1ccoc1C(=O)N1CCC(CCC(=O)O)C1. The number of carboxylic acids is 1. The summed E-state index contributed by atoms with van der Waals surface area (Å²) in [4.78, 5) is 24.4. The van der Waals surface area contributed by atoms with Crippen LogP contribution in [0.1, 0.15) is 35.4 Å². The first-order valence-electron chi connectivity index (χ1n) is 6.13. The molecule has 1 aliphatic rings. The molecule has 1 atom stereocenters. The van der Waals surface area contributed by atoms with Gasteiger partial charge in [0.15, 0.2) is 5.76 Å². The smallest absolute Gasteiger partial charge is 0.303 e. The summed E-state index contributed by atoms with van der Waals surface area (Å²) >= 11 is 0. The van der Waals surface area contributed by atoms with Crippen LogP contribution in [0.4, 0.5) is 0 Å². The van der Waals surface area contributed by atoms with Gasteiger partial charge in [-0.2, -0.15) is 0 Å². The molecule has 1 aromatic rings. The van der Waals surface area contributed by atoms with E-state index in [0.717, 1.165) is 12.0 Å². The Morgan fingerprint density at radius 1 is 1.56 bits per heavy atom. The van der Waals surface area contributed by atoms with Crippen LogP contribution in [0, 0.1) is 12.8 Å². The van der Waals surface area contributed by atoms with Crippen LogP contribution in [0.3, 0.4) is 0 Å². The second-order valence-electron chi connectivity index (χ2n) is 4.77. The normalized spacial score (nSPS) is 19.2. The van der Waals surface area contributed by atoms with Gasteiger partial charge in [-0.25, -0.2) is 0 Å². The molecule has 2 rings (SSSR count). The predicted molar refractivity (Wildman–Crippen MR) is 64.3 cm³/mol. The molecular formula is C13H17NO4. The average Bonchev–Trinajstić information content (AvgIpc) is 2.94. The zero-order chi connectivity index (χ0) is 13.1. The molecular weight excluding hydrogens is 234 g/mol. The number of furan rings is 1. The van der Waals surface area contributed by atoms with Gasteiger partial charge in [0.1, 0.15) is 0 Å². The number of nitrogens with zero attached hydrogens (tertiary/aromatic N) is 1. The lowest BCUT2D eigenvalue weighted by molar-refractivity contribution is -0.137. The summed E-state index contributed by atoms with van der Waals surface area (Å²) in [5.41, 5.74) is 0.842. The minimum Gasteiger partial charge on any atom is -0.481 e. The maximum absolute atomic E-state index is 12.1. The van der Waals surface area contributed by atoms with Crippen molar-refractivity contribution in [2.24, 2.45) is 5.92 Å². The molecule has 1 saturated heterocycles. The van der Waals surface area contributed by atoms with Gasteiger partial charge in [-0.1, -0.05) is 0 Å². The number of rotatable bonds is 4. The van der Waals surface area contributed by atoms with E-state index in [2.05, 4.69) is 0 Å². The Morgan fingerprint density at radius 2 is 2.33 bits per heavy atom. The predicted octanol–water partition coefficient (Wildman–Crippen LogP) is 1.91. The molecule has 5 nitrogen and oxygen atoms in total. The molecule has 1 N–H and O–H groups in total. The van der Waals surface area contributed by atoms with Crippen molar-refractivity contribution in [1.82, 2.24) is 4.90 Å². The molecule has 0 aliphatic carbocycles. The van der Waals surface area contributed by atoms with E-state index in [1.807, 2.05) is 6.92 Å². The Balaban J connectivity index is 1.91. The molecule has 18 heavy (non-hydrogen) atoms. The standard InChI is InChI=1S/C13H17NO4/c1-9-5-7-18-12(9)13(17)14-6-4-10(8-14)2-3-11(15)16/h5,7,10H,2-4,6,8H2,1H3,(H,15,16). The van der Waals surface area contributed by atoms with Crippen LogP contribution in [0.5, 0.6) is 0 Å². The van der Waals surface area contributed by atoms with Gasteiger partial charge in [0.2, 0.25) is 0 Å². The van der Waals surface area contributed by atoms with E-state index in [4.69, 9.17) is 9.52 Å². The van der Waals surface area contributed by atoms with E-state index in [1.165, 1.54) is 6.26 Å².